The maximum absolute atomic E-state index is 6.13. The lowest BCUT2D eigenvalue weighted by molar-refractivity contribution is 0.367. The van der Waals surface area contributed by atoms with Crippen molar-refractivity contribution in [3.8, 4) is 0 Å². The molecule has 3 aromatic rings. The Bertz CT molecular complexity index is 1020. The van der Waals surface area contributed by atoms with Gasteiger partial charge in [0.2, 0.25) is 5.95 Å². The number of hydrogen-bond donors (Lipinski definition) is 1. The van der Waals surface area contributed by atoms with E-state index in [2.05, 4.69) is 44.5 Å². The zero-order chi connectivity index (χ0) is 19.6. The number of hydrogen-bond acceptors (Lipinski definition) is 6. The molecule has 6 nitrogen and oxygen atoms in total. The van der Waals surface area contributed by atoms with Crippen LogP contribution in [0.2, 0.25) is 0 Å². The monoisotopic (exact) mass is 389 g/mol. The molecule has 2 aromatic heterocycles. The van der Waals surface area contributed by atoms with Crippen molar-refractivity contribution in [2.45, 2.75) is 32.6 Å². The van der Waals surface area contributed by atoms with Gasteiger partial charge in [0.25, 0.3) is 0 Å². The van der Waals surface area contributed by atoms with Gasteiger partial charge in [0.15, 0.2) is 11.5 Å². The number of benzene rings is 1. The number of fused-ring (bicyclic) bond motifs is 1. The Hall–Kier alpha value is -2.73. The van der Waals surface area contributed by atoms with Gasteiger partial charge in [-0.3, -0.25) is 0 Å². The molecule has 150 valence electrons. The van der Waals surface area contributed by atoms with Gasteiger partial charge in [0.05, 0.1) is 0 Å². The SMILES string of the molecule is Cc1cnc(N2CCC(Cc3nc4ccc(C5=CCNCC5)cc4o3)CC2)nc1. The van der Waals surface area contributed by atoms with Crippen LogP contribution in [-0.2, 0) is 6.42 Å². The lowest BCUT2D eigenvalue weighted by Crippen LogP contribution is -2.35. The maximum atomic E-state index is 6.13. The van der Waals surface area contributed by atoms with Crippen LogP contribution in [0.15, 0.2) is 41.1 Å². The topological polar surface area (TPSA) is 67.1 Å². The molecule has 6 heteroatoms. The van der Waals surface area contributed by atoms with Crippen LogP contribution in [0.1, 0.15) is 36.3 Å². The zero-order valence-corrected chi connectivity index (χ0v) is 16.9. The molecule has 0 aliphatic carbocycles. The molecule has 0 amide bonds. The molecule has 1 N–H and O–H groups in total. The Morgan fingerprint density at radius 1 is 1.17 bits per heavy atom. The van der Waals surface area contributed by atoms with E-state index in [1.807, 2.05) is 19.3 Å². The molecule has 1 aromatic carbocycles. The number of aromatic nitrogens is 3. The molecule has 2 aliphatic heterocycles. The second kappa shape index (κ2) is 7.95. The molecule has 0 bridgehead atoms. The second-order valence-electron chi connectivity index (χ2n) is 8.17. The third-order valence-electron chi connectivity index (χ3n) is 6.00. The van der Waals surface area contributed by atoms with Crippen molar-refractivity contribution in [1.29, 1.82) is 0 Å². The molecule has 0 unspecified atom stereocenters. The normalized spacial score (nSPS) is 18.2. The fourth-order valence-corrected chi connectivity index (χ4v) is 4.28. The predicted molar refractivity (Wildman–Crippen MR) is 115 cm³/mol. The van der Waals surface area contributed by atoms with Crippen LogP contribution in [0, 0.1) is 12.8 Å². The van der Waals surface area contributed by atoms with E-state index in [9.17, 15) is 0 Å². The van der Waals surface area contributed by atoms with Crippen molar-refractivity contribution < 1.29 is 4.42 Å². The highest BCUT2D eigenvalue weighted by Crippen LogP contribution is 2.28. The fraction of sp³-hybridized carbons (Fsp3) is 0.435. The first-order chi connectivity index (χ1) is 14.2. The molecule has 0 saturated carbocycles. The quantitative estimate of drug-likeness (QED) is 0.733. The molecule has 0 spiro atoms. The largest absolute Gasteiger partial charge is 0.441 e. The summed E-state index contributed by atoms with van der Waals surface area (Å²) in [5, 5.41) is 3.36. The zero-order valence-electron chi connectivity index (χ0n) is 16.9. The highest BCUT2D eigenvalue weighted by molar-refractivity contribution is 5.79. The lowest BCUT2D eigenvalue weighted by atomic mass is 9.94. The first-order valence-corrected chi connectivity index (χ1v) is 10.6. The average molecular weight is 390 g/mol. The minimum Gasteiger partial charge on any atom is -0.441 e. The summed E-state index contributed by atoms with van der Waals surface area (Å²) in [7, 11) is 0. The van der Waals surface area contributed by atoms with Crippen molar-refractivity contribution in [1.82, 2.24) is 20.3 Å². The molecule has 0 radical (unpaired) electrons. The van der Waals surface area contributed by atoms with Crippen LogP contribution in [0.25, 0.3) is 16.7 Å². The van der Waals surface area contributed by atoms with Gasteiger partial charge in [-0.15, -0.1) is 0 Å². The number of anilines is 1. The summed E-state index contributed by atoms with van der Waals surface area (Å²) < 4.78 is 6.13. The number of rotatable bonds is 4. The minimum atomic E-state index is 0.594. The summed E-state index contributed by atoms with van der Waals surface area (Å²) in [5.41, 5.74) is 5.62. The molecule has 1 saturated heterocycles. The third-order valence-corrected chi connectivity index (χ3v) is 6.00. The molecule has 0 atom stereocenters. The first kappa shape index (κ1) is 18.3. The predicted octanol–water partition coefficient (Wildman–Crippen LogP) is 3.76. The lowest BCUT2D eigenvalue weighted by Gasteiger charge is -2.31. The summed E-state index contributed by atoms with van der Waals surface area (Å²) in [5.74, 6) is 2.30. The molecule has 4 heterocycles. The van der Waals surface area contributed by atoms with E-state index in [1.54, 1.807) is 0 Å². The van der Waals surface area contributed by atoms with E-state index in [0.717, 1.165) is 80.4 Å². The molecule has 29 heavy (non-hydrogen) atoms. The summed E-state index contributed by atoms with van der Waals surface area (Å²) in [6.45, 7) is 5.97. The Balaban J connectivity index is 1.24. The number of nitrogens with zero attached hydrogens (tertiary/aromatic N) is 4. The van der Waals surface area contributed by atoms with Crippen LogP contribution in [0.3, 0.4) is 0 Å². The van der Waals surface area contributed by atoms with Gasteiger partial charge in [-0.1, -0.05) is 12.1 Å². The van der Waals surface area contributed by atoms with Crippen molar-refractivity contribution in [3.63, 3.8) is 0 Å². The Labute approximate surface area is 171 Å². The van der Waals surface area contributed by atoms with E-state index in [0.29, 0.717) is 5.92 Å². The second-order valence-corrected chi connectivity index (χ2v) is 8.17. The van der Waals surface area contributed by atoms with Crippen LogP contribution >= 0.6 is 0 Å². The molecule has 2 aliphatic rings. The highest BCUT2D eigenvalue weighted by Gasteiger charge is 2.23. The van der Waals surface area contributed by atoms with Gasteiger partial charge in [-0.25, -0.2) is 15.0 Å². The molecular weight excluding hydrogens is 362 g/mol. The van der Waals surface area contributed by atoms with Crippen molar-refractivity contribution in [2.75, 3.05) is 31.1 Å². The molecule has 1 fully saturated rings. The average Bonchev–Trinajstić information content (AvgIpc) is 3.17. The van der Waals surface area contributed by atoms with Gasteiger partial charge in [-0.2, -0.15) is 0 Å². The van der Waals surface area contributed by atoms with Gasteiger partial charge in [0.1, 0.15) is 5.52 Å². The van der Waals surface area contributed by atoms with Gasteiger partial charge in [0, 0.05) is 38.4 Å². The van der Waals surface area contributed by atoms with E-state index >= 15 is 0 Å². The van der Waals surface area contributed by atoms with E-state index in [4.69, 9.17) is 9.40 Å². The van der Waals surface area contributed by atoms with E-state index in [-0.39, 0.29) is 0 Å². The number of oxazole rings is 1. The summed E-state index contributed by atoms with van der Waals surface area (Å²) in [4.78, 5) is 15.9. The summed E-state index contributed by atoms with van der Waals surface area (Å²) >= 11 is 0. The van der Waals surface area contributed by atoms with Crippen LogP contribution < -0.4 is 10.2 Å². The summed E-state index contributed by atoms with van der Waals surface area (Å²) in [6, 6.07) is 6.42. The summed E-state index contributed by atoms with van der Waals surface area (Å²) in [6.07, 6.45) is 10.2. The Morgan fingerprint density at radius 2 is 2.00 bits per heavy atom. The smallest absolute Gasteiger partial charge is 0.225 e. The minimum absolute atomic E-state index is 0.594. The number of nitrogens with one attached hydrogen (secondary N) is 1. The van der Waals surface area contributed by atoms with Gasteiger partial charge >= 0.3 is 0 Å². The van der Waals surface area contributed by atoms with Crippen molar-refractivity contribution in [3.05, 3.63) is 53.7 Å². The van der Waals surface area contributed by atoms with Crippen LogP contribution in [0.4, 0.5) is 5.95 Å². The Morgan fingerprint density at radius 3 is 2.76 bits per heavy atom. The van der Waals surface area contributed by atoms with Crippen molar-refractivity contribution >= 4 is 22.6 Å². The van der Waals surface area contributed by atoms with Crippen LogP contribution in [-0.4, -0.2) is 41.1 Å². The maximum Gasteiger partial charge on any atom is 0.225 e. The van der Waals surface area contributed by atoms with Gasteiger partial charge < -0.3 is 14.6 Å². The number of piperidine rings is 1. The van der Waals surface area contributed by atoms with Crippen LogP contribution in [0.5, 0.6) is 0 Å². The van der Waals surface area contributed by atoms with Crippen molar-refractivity contribution in [2.24, 2.45) is 5.92 Å². The fourth-order valence-electron chi connectivity index (χ4n) is 4.28. The number of aryl methyl sites for hydroxylation is 1. The molecular formula is C23H27N5O. The Kier molecular flexibility index (Phi) is 5.02. The van der Waals surface area contributed by atoms with E-state index in [1.165, 1.54) is 11.1 Å². The first-order valence-electron chi connectivity index (χ1n) is 10.6. The highest BCUT2D eigenvalue weighted by atomic mass is 16.3. The van der Waals surface area contributed by atoms with E-state index < -0.39 is 0 Å². The molecule has 5 rings (SSSR count). The third kappa shape index (κ3) is 4.03. The van der Waals surface area contributed by atoms with Gasteiger partial charge in [-0.05, 0) is 67.5 Å². The standard InChI is InChI=1S/C23H27N5O/c1-16-14-25-23(26-15-16)28-10-6-17(7-11-28)12-22-27-20-3-2-19(13-21(20)29-22)18-4-8-24-9-5-18/h2-4,13-15,17,24H,5-12H2,1H3.